The Labute approximate surface area is 108 Å². The van der Waals surface area contributed by atoms with E-state index in [0.29, 0.717) is 31.6 Å². The molecule has 0 unspecified atom stereocenters. The smallest absolute Gasteiger partial charge is 0.222 e. The molecule has 0 bridgehead atoms. The number of aliphatic hydroxyl groups excluding tert-OH is 1. The third-order valence-electron chi connectivity index (χ3n) is 3.77. The molecular formula is C13H24N2O3. The molecular weight excluding hydrogens is 232 g/mol. The maximum Gasteiger partial charge on any atom is 0.222 e. The Morgan fingerprint density at radius 2 is 2.06 bits per heavy atom. The maximum atomic E-state index is 11.5. The number of aliphatic hydroxyl groups is 1. The second-order valence-electron chi connectivity index (χ2n) is 5.37. The molecule has 0 spiro atoms. The Bertz CT molecular complexity index is 261. The summed E-state index contributed by atoms with van der Waals surface area (Å²) >= 11 is 0. The van der Waals surface area contributed by atoms with Crippen molar-refractivity contribution in [3.8, 4) is 0 Å². The van der Waals surface area contributed by atoms with Crippen LogP contribution in [0.1, 0.15) is 32.1 Å². The van der Waals surface area contributed by atoms with Crippen LogP contribution in [0.2, 0.25) is 0 Å². The number of hydrogen-bond donors (Lipinski definition) is 3. The SMILES string of the molecule is O=C(CCOC1CCNCC1)NCC1CC(O)C1. The number of hydrogen-bond acceptors (Lipinski definition) is 4. The highest BCUT2D eigenvalue weighted by Gasteiger charge is 2.27. The lowest BCUT2D eigenvalue weighted by Crippen LogP contribution is -2.39. The minimum absolute atomic E-state index is 0.0605. The van der Waals surface area contributed by atoms with Crippen molar-refractivity contribution in [2.45, 2.75) is 44.3 Å². The van der Waals surface area contributed by atoms with Crippen molar-refractivity contribution in [1.29, 1.82) is 0 Å². The van der Waals surface area contributed by atoms with Gasteiger partial charge in [-0.05, 0) is 44.7 Å². The lowest BCUT2D eigenvalue weighted by atomic mass is 9.82. The van der Waals surface area contributed by atoms with Crippen LogP contribution in [0, 0.1) is 5.92 Å². The molecule has 0 radical (unpaired) electrons. The van der Waals surface area contributed by atoms with Gasteiger partial charge in [0.15, 0.2) is 0 Å². The average molecular weight is 256 g/mol. The van der Waals surface area contributed by atoms with Gasteiger partial charge in [0.05, 0.1) is 18.8 Å². The molecule has 1 aliphatic heterocycles. The summed E-state index contributed by atoms with van der Waals surface area (Å²) in [5, 5.41) is 15.3. The van der Waals surface area contributed by atoms with Gasteiger partial charge in [-0.2, -0.15) is 0 Å². The molecule has 18 heavy (non-hydrogen) atoms. The molecule has 0 aromatic carbocycles. The highest BCUT2D eigenvalue weighted by molar-refractivity contribution is 5.75. The number of rotatable bonds is 6. The first kappa shape index (κ1) is 13.8. The Hall–Kier alpha value is -0.650. The summed E-state index contributed by atoms with van der Waals surface area (Å²) in [5.74, 6) is 0.527. The fourth-order valence-corrected chi connectivity index (χ4v) is 2.49. The first-order chi connectivity index (χ1) is 8.74. The van der Waals surface area contributed by atoms with Gasteiger partial charge < -0.3 is 20.5 Å². The number of carbonyl (C=O) groups excluding carboxylic acids is 1. The second kappa shape index (κ2) is 7.07. The Kier molecular flexibility index (Phi) is 5.41. The standard InChI is InChI=1S/C13H24N2O3/c16-11-7-10(8-11)9-15-13(17)3-6-18-12-1-4-14-5-2-12/h10-12,14,16H,1-9H2,(H,15,17). The molecule has 0 atom stereocenters. The highest BCUT2D eigenvalue weighted by Crippen LogP contribution is 2.25. The van der Waals surface area contributed by atoms with Gasteiger partial charge in [-0.25, -0.2) is 0 Å². The normalized spacial score (nSPS) is 28.7. The van der Waals surface area contributed by atoms with Gasteiger partial charge in [0, 0.05) is 13.0 Å². The van der Waals surface area contributed by atoms with E-state index in [9.17, 15) is 4.79 Å². The molecule has 5 heteroatoms. The highest BCUT2D eigenvalue weighted by atomic mass is 16.5. The first-order valence-electron chi connectivity index (χ1n) is 7.01. The molecule has 104 valence electrons. The van der Waals surface area contributed by atoms with Crippen LogP contribution in [0.15, 0.2) is 0 Å². The zero-order chi connectivity index (χ0) is 12.8. The molecule has 1 aliphatic carbocycles. The minimum Gasteiger partial charge on any atom is -0.393 e. The number of ether oxygens (including phenoxy) is 1. The van der Waals surface area contributed by atoms with E-state index in [1.165, 1.54) is 0 Å². The summed E-state index contributed by atoms with van der Waals surface area (Å²) in [6, 6.07) is 0. The molecule has 2 aliphatic rings. The van der Waals surface area contributed by atoms with E-state index in [4.69, 9.17) is 9.84 Å². The quantitative estimate of drug-likeness (QED) is 0.627. The van der Waals surface area contributed by atoms with Crippen molar-refractivity contribution in [2.24, 2.45) is 5.92 Å². The Balaban J connectivity index is 1.46. The van der Waals surface area contributed by atoms with E-state index in [1.807, 2.05) is 0 Å². The Morgan fingerprint density at radius 3 is 2.72 bits per heavy atom. The summed E-state index contributed by atoms with van der Waals surface area (Å²) in [5.41, 5.74) is 0. The molecule has 1 amide bonds. The van der Waals surface area contributed by atoms with Crippen molar-refractivity contribution in [1.82, 2.24) is 10.6 Å². The van der Waals surface area contributed by atoms with Crippen molar-refractivity contribution < 1.29 is 14.6 Å². The van der Waals surface area contributed by atoms with Crippen LogP contribution in [-0.4, -0.2) is 49.5 Å². The van der Waals surface area contributed by atoms with Crippen molar-refractivity contribution in [3.05, 3.63) is 0 Å². The third-order valence-corrected chi connectivity index (χ3v) is 3.77. The van der Waals surface area contributed by atoms with Gasteiger partial charge in [0.1, 0.15) is 0 Å². The number of amides is 1. The summed E-state index contributed by atoms with van der Waals surface area (Å²) in [4.78, 5) is 11.5. The average Bonchev–Trinajstić information content (AvgIpc) is 2.34. The van der Waals surface area contributed by atoms with Crippen LogP contribution in [0.25, 0.3) is 0 Å². The predicted octanol–water partition coefficient (Wildman–Crippen LogP) is 0.0322. The molecule has 1 saturated carbocycles. The molecule has 5 nitrogen and oxygen atoms in total. The van der Waals surface area contributed by atoms with E-state index in [2.05, 4.69) is 10.6 Å². The van der Waals surface area contributed by atoms with Crippen LogP contribution in [0.3, 0.4) is 0 Å². The van der Waals surface area contributed by atoms with Crippen LogP contribution >= 0.6 is 0 Å². The van der Waals surface area contributed by atoms with E-state index in [0.717, 1.165) is 38.8 Å². The van der Waals surface area contributed by atoms with Crippen LogP contribution in [0.5, 0.6) is 0 Å². The second-order valence-corrected chi connectivity index (χ2v) is 5.37. The zero-order valence-corrected chi connectivity index (χ0v) is 10.9. The van der Waals surface area contributed by atoms with E-state index in [-0.39, 0.29) is 12.0 Å². The van der Waals surface area contributed by atoms with E-state index >= 15 is 0 Å². The zero-order valence-electron chi connectivity index (χ0n) is 10.9. The lowest BCUT2D eigenvalue weighted by molar-refractivity contribution is -0.123. The topological polar surface area (TPSA) is 70.6 Å². The van der Waals surface area contributed by atoms with Gasteiger partial charge in [-0.1, -0.05) is 0 Å². The van der Waals surface area contributed by atoms with E-state index in [1.54, 1.807) is 0 Å². The van der Waals surface area contributed by atoms with Crippen LogP contribution in [0.4, 0.5) is 0 Å². The third kappa shape index (κ3) is 4.55. The van der Waals surface area contributed by atoms with Gasteiger partial charge in [0.2, 0.25) is 5.91 Å². The van der Waals surface area contributed by atoms with Gasteiger partial charge in [-0.15, -0.1) is 0 Å². The fraction of sp³-hybridized carbons (Fsp3) is 0.923. The first-order valence-corrected chi connectivity index (χ1v) is 7.01. The van der Waals surface area contributed by atoms with Crippen LogP contribution in [-0.2, 0) is 9.53 Å². The van der Waals surface area contributed by atoms with Gasteiger partial charge in [0.25, 0.3) is 0 Å². The molecule has 0 aromatic rings. The summed E-state index contributed by atoms with van der Waals surface area (Å²) in [6.07, 6.45) is 4.36. The van der Waals surface area contributed by atoms with Gasteiger partial charge in [-0.3, -0.25) is 4.79 Å². The predicted molar refractivity (Wildman–Crippen MR) is 68.2 cm³/mol. The monoisotopic (exact) mass is 256 g/mol. The molecule has 3 N–H and O–H groups in total. The summed E-state index contributed by atoms with van der Waals surface area (Å²) in [7, 11) is 0. The molecule has 1 heterocycles. The largest absolute Gasteiger partial charge is 0.393 e. The molecule has 0 aromatic heterocycles. The number of piperidine rings is 1. The van der Waals surface area contributed by atoms with Crippen molar-refractivity contribution in [3.63, 3.8) is 0 Å². The van der Waals surface area contributed by atoms with Crippen molar-refractivity contribution in [2.75, 3.05) is 26.2 Å². The van der Waals surface area contributed by atoms with Crippen LogP contribution < -0.4 is 10.6 Å². The maximum absolute atomic E-state index is 11.5. The van der Waals surface area contributed by atoms with E-state index < -0.39 is 0 Å². The molecule has 2 rings (SSSR count). The Morgan fingerprint density at radius 1 is 1.33 bits per heavy atom. The summed E-state index contributed by atoms with van der Waals surface area (Å²) in [6.45, 7) is 3.24. The molecule has 2 fully saturated rings. The van der Waals surface area contributed by atoms with Crippen molar-refractivity contribution >= 4 is 5.91 Å². The lowest BCUT2D eigenvalue weighted by Gasteiger charge is -2.31. The fourth-order valence-electron chi connectivity index (χ4n) is 2.49. The molecule has 1 saturated heterocycles. The minimum atomic E-state index is -0.143. The summed E-state index contributed by atoms with van der Waals surface area (Å²) < 4.78 is 5.68. The van der Waals surface area contributed by atoms with Gasteiger partial charge >= 0.3 is 0 Å². The number of nitrogens with one attached hydrogen (secondary N) is 2. The number of carbonyl (C=O) groups is 1.